The summed E-state index contributed by atoms with van der Waals surface area (Å²) < 4.78 is 5.53. The first-order valence-corrected chi connectivity index (χ1v) is 10.3. The molecule has 2 N–H and O–H groups in total. The van der Waals surface area contributed by atoms with Gasteiger partial charge in [-0.05, 0) is 30.9 Å². The van der Waals surface area contributed by atoms with E-state index in [4.69, 9.17) is 9.72 Å². The SMILES string of the molecule is OCC1CCN(c2cc(N3CCOCC3)nc3c(-c4ccn[nH]4)nccc23)CC1. The van der Waals surface area contributed by atoms with Crippen LogP contribution in [0.15, 0.2) is 30.6 Å². The van der Waals surface area contributed by atoms with Gasteiger partial charge in [-0.15, -0.1) is 0 Å². The number of hydrogen-bond acceptors (Lipinski definition) is 7. The van der Waals surface area contributed by atoms with Gasteiger partial charge in [0.05, 0.1) is 18.9 Å². The maximum atomic E-state index is 9.51. The first-order valence-electron chi connectivity index (χ1n) is 10.3. The monoisotopic (exact) mass is 394 g/mol. The maximum Gasteiger partial charge on any atom is 0.131 e. The molecule has 3 aromatic heterocycles. The summed E-state index contributed by atoms with van der Waals surface area (Å²) in [6.45, 7) is 5.27. The minimum absolute atomic E-state index is 0.276. The lowest BCUT2D eigenvalue weighted by atomic mass is 9.97. The van der Waals surface area contributed by atoms with Gasteiger partial charge in [-0.2, -0.15) is 5.10 Å². The van der Waals surface area contributed by atoms with E-state index < -0.39 is 0 Å². The number of rotatable bonds is 4. The highest BCUT2D eigenvalue weighted by Gasteiger charge is 2.24. The third-order valence-corrected chi connectivity index (χ3v) is 6.00. The second-order valence-corrected chi connectivity index (χ2v) is 7.74. The molecule has 0 aromatic carbocycles. The van der Waals surface area contributed by atoms with Gasteiger partial charge in [-0.3, -0.25) is 10.1 Å². The van der Waals surface area contributed by atoms with Crippen LogP contribution in [0.5, 0.6) is 0 Å². The van der Waals surface area contributed by atoms with Crippen molar-refractivity contribution in [3.05, 3.63) is 30.6 Å². The molecule has 2 aliphatic heterocycles. The van der Waals surface area contributed by atoms with Crippen LogP contribution in [0.25, 0.3) is 22.3 Å². The van der Waals surface area contributed by atoms with Gasteiger partial charge in [0.25, 0.3) is 0 Å². The molecule has 0 spiro atoms. The number of H-pyrrole nitrogens is 1. The third kappa shape index (κ3) is 3.54. The standard InChI is InChI=1S/C21H26N6O2/c28-14-15-3-7-26(8-4-15)18-13-19(27-9-11-29-12-10-27)24-20-16(18)1-5-22-21(20)17-2-6-23-25-17/h1-2,5-6,13,15,28H,3-4,7-12,14H2,(H,23,25). The van der Waals surface area contributed by atoms with Crippen molar-refractivity contribution in [1.29, 1.82) is 0 Å². The van der Waals surface area contributed by atoms with Gasteiger partial charge in [0.15, 0.2) is 0 Å². The van der Waals surface area contributed by atoms with Crippen LogP contribution in [0, 0.1) is 5.92 Å². The molecule has 0 saturated carbocycles. The number of aromatic amines is 1. The number of aliphatic hydroxyl groups is 1. The van der Waals surface area contributed by atoms with Crippen molar-refractivity contribution in [2.24, 2.45) is 5.92 Å². The van der Waals surface area contributed by atoms with Crippen LogP contribution in [0.3, 0.4) is 0 Å². The molecule has 0 atom stereocenters. The van der Waals surface area contributed by atoms with E-state index in [-0.39, 0.29) is 6.61 Å². The number of anilines is 2. The summed E-state index contributed by atoms with van der Waals surface area (Å²) >= 11 is 0. The van der Waals surface area contributed by atoms with Crippen molar-refractivity contribution >= 4 is 22.4 Å². The Morgan fingerprint density at radius 1 is 1.07 bits per heavy atom. The summed E-state index contributed by atoms with van der Waals surface area (Å²) in [4.78, 5) is 14.4. The lowest BCUT2D eigenvalue weighted by molar-refractivity contribution is 0.122. The second kappa shape index (κ2) is 7.96. The number of pyridine rings is 2. The Morgan fingerprint density at radius 3 is 2.62 bits per heavy atom. The lowest BCUT2D eigenvalue weighted by Crippen LogP contribution is -2.37. The zero-order valence-corrected chi connectivity index (χ0v) is 16.4. The zero-order valence-electron chi connectivity index (χ0n) is 16.4. The smallest absolute Gasteiger partial charge is 0.131 e. The first-order chi connectivity index (χ1) is 14.3. The average Bonchev–Trinajstić information content (AvgIpc) is 3.33. The number of nitrogens with zero attached hydrogens (tertiary/aromatic N) is 5. The summed E-state index contributed by atoms with van der Waals surface area (Å²) in [7, 11) is 0. The van der Waals surface area contributed by atoms with Crippen LogP contribution < -0.4 is 9.80 Å². The van der Waals surface area contributed by atoms with Crippen LogP contribution in [0.4, 0.5) is 11.5 Å². The largest absolute Gasteiger partial charge is 0.396 e. The predicted molar refractivity (Wildman–Crippen MR) is 112 cm³/mol. The lowest BCUT2D eigenvalue weighted by Gasteiger charge is -2.35. The van der Waals surface area contributed by atoms with E-state index >= 15 is 0 Å². The fraction of sp³-hybridized carbons (Fsp3) is 0.476. The Bertz CT molecular complexity index is 963. The molecule has 0 radical (unpaired) electrons. The van der Waals surface area contributed by atoms with E-state index in [1.54, 1.807) is 6.20 Å². The van der Waals surface area contributed by atoms with Gasteiger partial charge < -0.3 is 19.6 Å². The molecule has 2 fully saturated rings. The van der Waals surface area contributed by atoms with Crippen molar-refractivity contribution in [1.82, 2.24) is 20.2 Å². The highest BCUT2D eigenvalue weighted by molar-refractivity contribution is 6.00. The predicted octanol–water partition coefficient (Wildman–Crippen LogP) is 2.07. The molecule has 2 saturated heterocycles. The minimum atomic E-state index is 0.276. The Labute approximate surface area is 169 Å². The van der Waals surface area contributed by atoms with Gasteiger partial charge in [0, 0.05) is 62.3 Å². The fourth-order valence-electron chi connectivity index (χ4n) is 4.28. The van der Waals surface area contributed by atoms with Crippen molar-refractivity contribution in [2.75, 3.05) is 55.8 Å². The molecule has 0 unspecified atom stereocenters. The van der Waals surface area contributed by atoms with Crippen molar-refractivity contribution < 1.29 is 9.84 Å². The Balaban J connectivity index is 1.63. The Morgan fingerprint density at radius 2 is 1.90 bits per heavy atom. The van der Waals surface area contributed by atoms with E-state index in [1.165, 1.54) is 5.69 Å². The highest BCUT2D eigenvalue weighted by atomic mass is 16.5. The van der Waals surface area contributed by atoms with Gasteiger partial charge in [0.2, 0.25) is 0 Å². The van der Waals surface area contributed by atoms with E-state index in [1.807, 2.05) is 12.3 Å². The van der Waals surface area contributed by atoms with Gasteiger partial charge >= 0.3 is 0 Å². The molecule has 0 aliphatic carbocycles. The number of piperidine rings is 1. The van der Waals surface area contributed by atoms with Crippen LogP contribution >= 0.6 is 0 Å². The van der Waals surface area contributed by atoms with Crippen LogP contribution in [0.2, 0.25) is 0 Å². The summed E-state index contributed by atoms with van der Waals surface area (Å²) in [5, 5.41) is 17.7. The highest BCUT2D eigenvalue weighted by Crippen LogP contribution is 2.36. The third-order valence-electron chi connectivity index (χ3n) is 6.00. The van der Waals surface area contributed by atoms with E-state index in [9.17, 15) is 5.11 Å². The molecule has 5 heterocycles. The summed E-state index contributed by atoms with van der Waals surface area (Å²) in [5.41, 5.74) is 3.77. The molecule has 2 aliphatic rings. The first kappa shape index (κ1) is 18.3. The molecule has 29 heavy (non-hydrogen) atoms. The van der Waals surface area contributed by atoms with Crippen molar-refractivity contribution in [2.45, 2.75) is 12.8 Å². The van der Waals surface area contributed by atoms with Crippen LogP contribution in [0.1, 0.15) is 12.8 Å². The molecule has 8 heteroatoms. The molecular formula is C21H26N6O2. The fourth-order valence-corrected chi connectivity index (χ4v) is 4.28. The van der Waals surface area contributed by atoms with Crippen LogP contribution in [-0.2, 0) is 4.74 Å². The van der Waals surface area contributed by atoms with E-state index in [0.29, 0.717) is 5.92 Å². The van der Waals surface area contributed by atoms with E-state index in [0.717, 1.165) is 80.3 Å². The molecule has 152 valence electrons. The molecule has 0 bridgehead atoms. The molecular weight excluding hydrogens is 368 g/mol. The average molecular weight is 394 g/mol. The minimum Gasteiger partial charge on any atom is -0.396 e. The van der Waals surface area contributed by atoms with Gasteiger partial charge in [-0.25, -0.2) is 4.98 Å². The summed E-state index contributed by atoms with van der Waals surface area (Å²) in [6.07, 6.45) is 5.60. The van der Waals surface area contributed by atoms with Gasteiger partial charge in [-0.1, -0.05) is 0 Å². The molecule has 3 aromatic rings. The van der Waals surface area contributed by atoms with Crippen LogP contribution in [-0.4, -0.2) is 71.3 Å². The molecule has 0 amide bonds. The number of hydrogen-bond donors (Lipinski definition) is 2. The number of fused-ring (bicyclic) bond motifs is 1. The maximum absolute atomic E-state index is 9.51. The molecule has 5 rings (SSSR count). The number of aliphatic hydroxyl groups excluding tert-OH is 1. The zero-order chi connectivity index (χ0) is 19.6. The second-order valence-electron chi connectivity index (χ2n) is 7.74. The van der Waals surface area contributed by atoms with E-state index in [2.05, 4.69) is 37.1 Å². The van der Waals surface area contributed by atoms with Crippen molar-refractivity contribution in [3.8, 4) is 11.4 Å². The topological polar surface area (TPSA) is 90.4 Å². The Hall–Kier alpha value is -2.71. The quantitative estimate of drug-likeness (QED) is 0.700. The summed E-state index contributed by atoms with van der Waals surface area (Å²) in [6, 6.07) is 6.19. The number of aromatic nitrogens is 4. The number of ether oxygens (including phenoxy) is 1. The molecule has 8 nitrogen and oxygen atoms in total. The Kier molecular flexibility index (Phi) is 5.03. The normalized spacial score (nSPS) is 18.5. The van der Waals surface area contributed by atoms with Crippen molar-refractivity contribution in [3.63, 3.8) is 0 Å². The summed E-state index contributed by atoms with van der Waals surface area (Å²) in [5.74, 6) is 1.37. The van der Waals surface area contributed by atoms with Gasteiger partial charge in [0.1, 0.15) is 17.0 Å². The number of morpholine rings is 1. The number of nitrogens with one attached hydrogen (secondary N) is 1.